The van der Waals surface area contributed by atoms with Gasteiger partial charge in [-0.15, -0.1) is 0 Å². The number of ether oxygens (including phenoxy) is 2. The lowest BCUT2D eigenvalue weighted by Crippen LogP contribution is -2.37. The van der Waals surface area contributed by atoms with Crippen LogP contribution in [0.4, 0.5) is 0 Å². The number of nitrogens with one attached hydrogen (secondary N) is 1. The van der Waals surface area contributed by atoms with Crippen LogP contribution in [0, 0.1) is 5.92 Å². The maximum absolute atomic E-state index is 11.7. The van der Waals surface area contributed by atoms with Crippen molar-refractivity contribution in [3.8, 4) is 0 Å². The molecule has 0 bridgehead atoms. The minimum absolute atomic E-state index is 0.324. The van der Waals surface area contributed by atoms with E-state index in [0.29, 0.717) is 18.0 Å². The summed E-state index contributed by atoms with van der Waals surface area (Å²) >= 11 is 0. The van der Waals surface area contributed by atoms with Gasteiger partial charge in [-0.05, 0) is 36.6 Å². The average molecular weight is 333 g/mol. The maximum atomic E-state index is 11.7. The number of benzene rings is 1. The fourth-order valence-corrected chi connectivity index (χ4v) is 1.73. The third-order valence-electron chi connectivity index (χ3n) is 3.09. The number of amides is 1. The Kier molecular flexibility index (Phi) is 7.68. The third-order valence-corrected chi connectivity index (χ3v) is 3.09. The molecule has 0 aromatic heterocycles. The SMILES string of the molecule is COC(=O)c1ccc(/C=C/C(=O)O[C@@H](C)C(=O)NCC(C)C)cc1. The van der Waals surface area contributed by atoms with Crippen molar-refractivity contribution < 1.29 is 23.9 Å². The van der Waals surface area contributed by atoms with Crippen LogP contribution >= 0.6 is 0 Å². The molecule has 0 spiro atoms. The topological polar surface area (TPSA) is 81.7 Å². The van der Waals surface area contributed by atoms with Gasteiger partial charge in [0.1, 0.15) is 0 Å². The van der Waals surface area contributed by atoms with Crippen molar-refractivity contribution in [2.24, 2.45) is 5.92 Å². The average Bonchev–Trinajstić information content (AvgIpc) is 2.57. The summed E-state index contributed by atoms with van der Waals surface area (Å²) < 4.78 is 9.64. The van der Waals surface area contributed by atoms with Crippen LogP contribution in [-0.2, 0) is 19.1 Å². The van der Waals surface area contributed by atoms with Crippen molar-refractivity contribution >= 4 is 23.9 Å². The highest BCUT2D eigenvalue weighted by molar-refractivity contribution is 5.91. The fraction of sp³-hybridized carbons (Fsp3) is 0.389. The van der Waals surface area contributed by atoms with Crippen LogP contribution in [-0.4, -0.2) is 37.6 Å². The van der Waals surface area contributed by atoms with Gasteiger partial charge in [0, 0.05) is 12.6 Å². The molecule has 0 radical (unpaired) electrons. The number of methoxy groups -OCH3 is 1. The molecule has 0 fully saturated rings. The Hall–Kier alpha value is -2.63. The number of hydrogen-bond acceptors (Lipinski definition) is 5. The molecule has 6 nitrogen and oxygen atoms in total. The van der Waals surface area contributed by atoms with Gasteiger partial charge in [0.15, 0.2) is 6.10 Å². The van der Waals surface area contributed by atoms with Crippen LogP contribution in [0.3, 0.4) is 0 Å². The number of hydrogen-bond donors (Lipinski definition) is 1. The lowest BCUT2D eigenvalue weighted by molar-refractivity contribution is -0.150. The van der Waals surface area contributed by atoms with E-state index in [1.165, 1.54) is 20.1 Å². The van der Waals surface area contributed by atoms with Gasteiger partial charge in [-0.25, -0.2) is 9.59 Å². The molecule has 130 valence electrons. The molecule has 0 saturated heterocycles. The zero-order valence-corrected chi connectivity index (χ0v) is 14.4. The van der Waals surface area contributed by atoms with E-state index in [4.69, 9.17) is 4.74 Å². The summed E-state index contributed by atoms with van der Waals surface area (Å²) in [5.41, 5.74) is 1.14. The third kappa shape index (κ3) is 6.64. The Balaban J connectivity index is 2.53. The van der Waals surface area contributed by atoms with E-state index >= 15 is 0 Å². The highest BCUT2D eigenvalue weighted by Gasteiger charge is 2.16. The first-order chi connectivity index (χ1) is 11.3. The molecule has 0 aliphatic carbocycles. The van der Waals surface area contributed by atoms with Crippen LogP contribution < -0.4 is 5.32 Å². The van der Waals surface area contributed by atoms with E-state index < -0.39 is 18.0 Å². The summed E-state index contributed by atoms with van der Waals surface area (Å²) in [6, 6.07) is 6.54. The lowest BCUT2D eigenvalue weighted by Gasteiger charge is -2.13. The molecule has 1 atom stereocenters. The van der Waals surface area contributed by atoms with E-state index in [-0.39, 0.29) is 5.91 Å². The van der Waals surface area contributed by atoms with Crippen LogP contribution in [0.5, 0.6) is 0 Å². The van der Waals surface area contributed by atoms with Crippen molar-refractivity contribution in [1.82, 2.24) is 5.32 Å². The van der Waals surface area contributed by atoms with Gasteiger partial charge in [0.25, 0.3) is 5.91 Å². The molecule has 6 heteroatoms. The highest BCUT2D eigenvalue weighted by atomic mass is 16.5. The molecular weight excluding hydrogens is 310 g/mol. The van der Waals surface area contributed by atoms with Gasteiger partial charge in [0.2, 0.25) is 0 Å². The lowest BCUT2D eigenvalue weighted by atomic mass is 10.1. The second-order valence-corrected chi connectivity index (χ2v) is 5.67. The standard InChI is InChI=1S/C18H23NO5/c1-12(2)11-19-17(21)13(3)24-16(20)10-7-14-5-8-15(9-6-14)18(22)23-4/h5-10,12-13H,11H2,1-4H3,(H,19,21)/b10-7+/t13-/m0/s1. The summed E-state index contributed by atoms with van der Waals surface area (Å²) in [4.78, 5) is 34.8. The van der Waals surface area contributed by atoms with E-state index in [9.17, 15) is 14.4 Å². The second-order valence-electron chi connectivity index (χ2n) is 5.67. The van der Waals surface area contributed by atoms with Crippen molar-refractivity contribution in [2.45, 2.75) is 26.9 Å². The van der Waals surface area contributed by atoms with Gasteiger partial charge in [-0.1, -0.05) is 26.0 Å². The zero-order chi connectivity index (χ0) is 18.1. The van der Waals surface area contributed by atoms with Crippen molar-refractivity contribution in [3.05, 3.63) is 41.5 Å². The Morgan fingerprint density at radius 1 is 1.12 bits per heavy atom. The van der Waals surface area contributed by atoms with Crippen molar-refractivity contribution in [1.29, 1.82) is 0 Å². The van der Waals surface area contributed by atoms with Gasteiger partial charge >= 0.3 is 11.9 Å². The first-order valence-corrected chi connectivity index (χ1v) is 7.68. The molecule has 1 amide bonds. The second kappa shape index (κ2) is 9.50. The Labute approximate surface area is 141 Å². The van der Waals surface area contributed by atoms with Crippen LogP contribution in [0.2, 0.25) is 0 Å². The fourth-order valence-electron chi connectivity index (χ4n) is 1.73. The molecule has 1 rings (SSSR count). The largest absolute Gasteiger partial charge is 0.465 e. The molecule has 0 aliphatic rings. The van der Waals surface area contributed by atoms with Gasteiger partial charge in [-0.2, -0.15) is 0 Å². The Morgan fingerprint density at radius 2 is 1.75 bits per heavy atom. The van der Waals surface area contributed by atoms with Crippen molar-refractivity contribution in [3.63, 3.8) is 0 Å². The minimum Gasteiger partial charge on any atom is -0.465 e. The van der Waals surface area contributed by atoms with E-state index in [2.05, 4.69) is 10.1 Å². The molecule has 0 heterocycles. The molecule has 24 heavy (non-hydrogen) atoms. The quantitative estimate of drug-likeness (QED) is 0.611. The zero-order valence-electron chi connectivity index (χ0n) is 14.4. The summed E-state index contributed by atoms with van der Waals surface area (Å²) in [6.07, 6.45) is 1.92. The first kappa shape index (κ1) is 19.4. The maximum Gasteiger partial charge on any atom is 0.337 e. The molecular formula is C18H23NO5. The van der Waals surface area contributed by atoms with E-state index in [1.54, 1.807) is 30.3 Å². The number of rotatable bonds is 7. The molecule has 0 aliphatic heterocycles. The molecule has 1 aromatic rings. The monoisotopic (exact) mass is 333 g/mol. The van der Waals surface area contributed by atoms with Crippen LogP contribution in [0.15, 0.2) is 30.3 Å². The van der Waals surface area contributed by atoms with E-state index in [1.807, 2.05) is 13.8 Å². The van der Waals surface area contributed by atoms with E-state index in [0.717, 1.165) is 5.56 Å². The first-order valence-electron chi connectivity index (χ1n) is 7.68. The summed E-state index contributed by atoms with van der Waals surface area (Å²) in [5, 5.41) is 2.70. The number of carbonyl (C=O) groups is 3. The number of esters is 2. The number of carbonyl (C=O) groups excluding carboxylic acids is 3. The normalized spacial score (nSPS) is 12.0. The molecule has 1 N–H and O–H groups in total. The molecule has 1 aromatic carbocycles. The van der Waals surface area contributed by atoms with Crippen LogP contribution in [0.25, 0.3) is 6.08 Å². The smallest absolute Gasteiger partial charge is 0.337 e. The Morgan fingerprint density at radius 3 is 2.29 bits per heavy atom. The summed E-state index contributed by atoms with van der Waals surface area (Å²) in [5.74, 6) is -1.04. The van der Waals surface area contributed by atoms with Gasteiger partial charge in [0.05, 0.1) is 12.7 Å². The molecule has 0 saturated carbocycles. The van der Waals surface area contributed by atoms with Crippen molar-refractivity contribution in [2.75, 3.05) is 13.7 Å². The highest BCUT2D eigenvalue weighted by Crippen LogP contribution is 2.08. The predicted molar refractivity (Wildman–Crippen MR) is 90.2 cm³/mol. The van der Waals surface area contributed by atoms with Crippen LogP contribution in [0.1, 0.15) is 36.7 Å². The van der Waals surface area contributed by atoms with Gasteiger partial charge < -0.3 is 14.8 Å². The predicted octanol–water partition coefficient (Wildman–Crippen LogP) is 2.19. The minimum atomic E-state index is -0.859. The molecule has 0 unspecified atom stereocenters. The Bertz CT molecular complexity index is 604. The summed E-state index contributed by atoms with van der Waals surface area (Å²) in [6.45, 7) is 6.01. The van der Waals surface area contributed by atoms with Gasteiger partial charge in [-0.3, -0.25) is 4.79 Å². The summed E-state index contributed by atoms with van der Waals surface area (Å²) in [7, 11) is 1.31.